The molecule has 4 nitrogen and oxygen atoms in total. The number of ketones is 1. The van der Waals surface area contributed by atoms with Crippen LogP contribution in [0.15, 0.2) is 36.7 Å². The van der Waals surface area contributed by atoms with Gasteiger partial charge in [0.05, 0.1) is 11.4 Å². The molecule has 4 rings (SSSR count). The first-order chi connectivity index (χ1) is 10.6. The molecule has 2 heterocycles. The fourth-order valence-corrected chi connectivity index (χ4v) is 4.45. The Labute approximate surface area is 128 Å². The second-order valence-corrected chi connectivity index (χ2v) is 6.48. The molecular formula is C18H16N2O2. The van der Waals surface area contributed by atoms with Gasteiger partial charge in [-0.25, -0.2) is 0 Å². The highest BCUT2D eigenvalue weighted by molar-refractivity contribution is 5.90. The Morgan fingerprint density at radius 3 is 2.77 bits per heavy atom. The summed E-state index contributed by atoms with van der Waals surface area (Å²) in [6.45, 7) is 2.07. The molecule has 22 heavy (non-hydrogen) atoms. The van der Waals surface area contributed by atoms with Gasteiger partial charge in [0.2, 0.25) is 0 Å². The predicted molar refractivity (Wildman–Crippen MR) is 81.4 cm³/mol. The molecule has 0 N–H and O–H groups in total. The summed E-state index contributed by atoms with van der Waals surface area (Å²) in [4.78, 5) is 32.9. The number of carbonyl (C=O) groups is 2. The largest absolute Gasteiger partial charge is 0.303 e. The molecule has 1 saturated carbocycles. The molecule has 0 aliphatic heterocycles. The SMILES string of the molecule is CC12CC(=O)CC1(CC=O)c1cccnc1-c1cccnc12. The maximum Gasteiger partial charge on any atom is 0.134 e. The summed E-state index contributed by atoms with van der Waals surface area (Å²) < 4.78 is 0. The number of Topliss-reactive ketones (excluding diaryl/α,β-unsaturated/α-hetero) is 1. The third kappa shape index (κ3) is 1.42. The maximum atomic E-state index is 12.4. The number of fused-ring (bicyclic) bond motifs is 6. The van der Waals surface area contributed by atoms with Crippen LogP contribution in [0.3, 0.4) is 0 Å². The summed E-state index contributed by atoms with van der Waals surface area (Å²) in [6.07, 6.45) is 5.58. The fraction of sp³-hybridized carbons (Fsp3) is 0.333. The maximum absolute atomic E-state index is 12.4. The Morgan fingerprint density at radius 1 is 1.18 bits per heavy atom. The molecule has 110 valence electrons. The lowest BCUT2D eigenvalue weighted by Gasteiger charge is -2.47. The van der Waals surface area contributed by atoms with Crippen LogP contribution >= 0.6 is 0 Å². The number of hydrogen-bond acceptors (Lipinski definition) is 4. The first kappa shape index (κ1) is 13.3. The average Bonchev–Trinajstić information content (AvgIpc) is 2.80. The monoisotopic (exact) mass is 292 g/mol. The second kappa shape index (κ2) is 4.32. The van der Waals surface area contributed by atoms with E-state index in [-0.39, 0.29) is 5.78 Å². The quantitative estimate of drug-likeness (QED) is 0.798. The molecule has 0 aromatic carbocycles. The molecule has 0 radical (unpaired) electrons. The Hall–Kier alpha value is -2.36. The van der Waals surface area contributed by atoms with Crippen molar-refractivity contribution in [3.63, 3.8) is 0 Å². The molecule has 2 aliphatic rings. The van der Waals surface area contributed by atoms with Crippen molar-refractivity contribution in [1.82, 2.24) is 9.97 Å². The third-order valence-corrected chi connectivity index (χ3v) is 5.45. The molecule has 1 fully saturated rings. The molecule has 2 aromatic heterocycles. The van der Waals surface area contributed by atoms with Gasteiger partial charge in [-0.05, 0) is 23.8 Å². The number of nitrogens with zero attached hydrogens (tertiary/aromatic N) is 2. The van der Waals surface area contributed by atoms with Crippen LogP contribution in [0, 0.1) is 0 Å². The zero-order chi connectivity index (χ0) is 15.4. The molecule has 0 spiro atoms. The highest BCUT2D eigenvalue weighted by Crippen LogP contribution is 2.61. The van der Waals surface area contributed by atoms with Gasteiger partial charge in [-0.1, -0.05) is 13.0 Å². The van der Waals surface area contributed by atoms with E-state index in [1.165, 1.54) is 0 Å². The van der Waals surface area contributed by atoms with E-state index in [4.69, 9.17) is 0 Å². The van der Waals surface area contributed by atoms with Gasteiger partial charge in [0.15, 0.2) is 0 Å². The number of hydrogen-bond donors (Lipinski definition) is 0. The Morgan fingerprint density at radius 2 is 1.95 bits per heavy atom. The topological polar surface area (TPSA) is 59.9 Å². The fourth-order valence-electron chi connectivity index (χ4n) is 4.45. The van der Waals surface area contributed by atoms with Gasteiger partial charge in [-0.2, -0.15) is 0 Å². The minimum Gasteiger partial charge on any atom is -0.303 e. The van der Waals surface area contributed by atoms with Gasteiger partial charge in [-0.3, -0.25) is 14.8 Å². The van der Waals surface area contributed by atoms with Crippen LogP contribution in [0.5, 0.6) is 0 Å². The lowest BCUT2D eigenvalue weighted by Crippen LogP contribution is -2.47. The van der Waals surface area contributed by atoms with Crippen LogP contribution in [-0.4, -0.2) is 22.0 Å². The molecule has 0 amide bonds. The highest BCUT2D eigenvalue weighted by Gasteiger charge is 2.61. The molecule has 2 atom stereocenters. The van der Waals surface area contributed by atoms with Gasteiger partial charge >= 0.3 is 0 Å². The zero-order valence-electron chi connectivity index (χ0n) is 12.4. The van der Waals surface area contributed by atoms with E-state index in [9.17, 15) is 9.59 Å². The van der Waals surface area contributed by atoms with Gasteiger partial charge in [-0.15, -0.1) is 0 Å². The molecular weight excluding hydrogens is 276 g/mol. The van der Waals surface area contributed by atoms with Crippen molar-refractivity contribution in [3.05, 3.63) is 47.9 Å². The van der Waals surface area contributed by atoms with Gasteiger partial charge in [0.1, 0.15) is 12.1 Å². The molecule has 2 aromatic rings. The van der Waals surface area contributed by atoms with Crippen LogP contribution < -0.4 is 0 Å². The van der Waals surface area contributed by atoms with Crippen LogP contribution in [0.2, 0.25) is 0 Å². The summed E-state index contributed by atoms with van der Waals surface area (Å²) >= 11 is 0. The lowest BCUT2D eigenvalue weighted by molar-refractivity contribution is -0.117. The van der Waals surface area contributed by atoms with E-state index < -0.39 is 10.8 Å². The normalized spacial score (nSPS) is 28.7. The summed E-state index contributed by atoms with van der Waals surface area (Å²) in [6, 6.07) is 7.80. The van der Waals surface area contributed by atoms with Crippen LogP contribution in [0.25, 0.3) is 11.3 Å². The van der Waals surface area contributed by atoms with Crippen LogP contribution in [0.1, 0.15) is 37.4 Å². The zero-order valence-corrected chi connectivity index (χ0v) is 12.4. The van der Waals surface area contributed by atoms with E-state index in [1.807, 2.05) is 24.3 Å². The van der Waals surface area contributed by atoms with Crippen molar-refractivity contribution in [2.45, 2.75) is 37.0 Å². The average molecular weight is 292 g/mol. The van der Waals surface area contributed by atoms with E-state index in [0.717, 1.165) is 28.8 Å². The molecule has 0 bridgehead atoms. The van der Waals surface area contributed by atoms with Gasteiger partial charge < -0.3 is 4.79 Å². The summed E-state index contributed by atoms with van der Waals surface area (Å²) in [7, 11) is 0. The van der Waals surface area contributed by atoms with Gasteiger partial charge in [0, 0.05) is 48.0 Å². The molecule has 2 aliphatic carbocycles. The van der Waals surface area contributed by atoms with E-state index >= 15 is 0 Å². The number of rotatable bonds is 2. The van der Waals surface area contributed by atoms with Crippen LogP contribution in [0.4, 0.5) is 0 Å². The minimum absolute atomic E-state index is 0.192. The third-order valence-electron chi connectivity index (χ3n) is 5.45. The Bertz CT molecular complexity index is 801. The summed E-state index contributed by atoms with van der Waals surface area (Å²) in [5, 5.41) is 0. The van der Waals surface area contributed by atoms with Crippen molar-refractivity contribution in [3.8, 4) is 11.3 Å². The highest BCUT2D eigenvalue weighted by atomic mass is 16.1. The first-order valence-corrected chi connectivity index (χ1v) is 7.49. The summed E-state index contributed by atoms with van der Waals surface area (Å²) in [5.41, 5.74) is 2.79. The number of pyridine rings is 2. The number of aromatic nitrogens is 2. The Balaban J connectivity index is 2.13. The van der Waals surface area contributed by atoms with Crippen LogP contribution in [-0.2, 0) is 20.4 Å². The van der Waals surface area contributed by atoms with Crippen molar-refractivity contribution in [2.75, 3.05) is 0 Å². The van der Waals surface area contributed by atoms with Gasteiger partial charge in [0.25, 0.3) is 0 Å². The standard InChI is InChI=1S/C18H16N2O2/c1-17-10-12(22)11-18(17,6-9-21)14-5-3-7-19-15(14)13-4-2-8-20-16(13)17/h2-5,7-9H,6,10-11H2,1H3. The second-order valence-electron chi connectivity index (χ2n) is 6.48. The first-order valence-electron chi connectivity index (χ1n) is 7.49. The van der Waals surface area contributed by atoms with Crippen molar-refractivity contribution in [2.24, 2.45) is 0 Å². The number of carbonyl (C=O) groups excluding carboxylic acids is 2. The van der Waals surface area contributed by atoms with Crippen molar-refractivity contribution >= 4 is 12.1 Å². The Kier molecular flexibility index (Phi) is 2.61. The van der Waals surface area contributed by atoms with Crippen molar-refractivity contribution in [1.29, 1.82) is 0 Å². The van der Waals surface area contributed by atoms with E-state index in [2.05, 4.69) is 16.9 Å². The number of aldehydes is 1. The summed E-state index contributed by atoms with van der Waals surface area (Å²) in [5.74, 6) is 0.192. The lowest BCUT2D eigenvalue weighted by atomic mass is 9.55. The van der Waals surface area contributed by atoms with E-state index in [0.29, 0.717) is 19.3 Å². The smallest absolute Gasteiger partial charge is 0.134 e. The predicted octanol–water partition coefficient (Wildman–Crippen LogP) is 2.60. The molecule has 2 unspecified atom stereocenters. The minimum atomic E-state index is -0.517. The molecule has 4 heteroatoms. The van der Waals surface area contributed by atoms with Crippen molar-refractivity contribution < 1.29 is 9.59 Å². The molecule has 0 saturated heterocycles. The van der Waals surface area contributed by atoms with E-state index in [1.54, 1.807) is 12.4 Å².